The van der Waals surface area contributed by atoms with Crippen molar-refractivity contribution in [2.45, 2.75) is 24.2 Å². The first-order chi connectivity index (χ1) is 15.9. The van der Waals surface area contributed by atoms with Crippen molar-refractivity contribution >= 4 is 26.4 Å². The first-order valence-electron chi connectivity index (χ1n) is 10.4. The third-order valence-corrected chi connectivity index (χ3v) is 5.88. The minimum atomic E-state index is -1.28. The molecule has 3 aromatic rings. The fourth-order valence-electron chi connectivity index (χ4n) is 3.86. The summed E-state index contributed by atoms with van der Waals surface area (Å²) in [5.74, 6) is 1.18. The van der Waals surface area contributed by atoms with Gasteiger partial charge in [0.2, 0.25) is 0 Å². The summed E-state index contributed by atoms with van der Waals surface area (Å²) in [6.45, 7) is -0.240. The van der Waals surface area contributed by atoms with Gasteiger partial charge >= 0.3 is 0 Å². The summed E-state index contributed by atoms with van der Waals surface area (Å²) < 4.78 is 17.7. The van der Waals surface area contributed by atoms with Gasteiger partial charge in [0.1, 0.15) is 17.6 Å². The number of rotatable bonds is 11. The molecular formula is C26H27IO6. The summed E-state index contributed by atoms with van der Waals surface area (Å²) in [7, 11) is 3.17. The summed E-state index contributed by atoms with van der Waals surface area (Å²) in [4.78, 5) is 11.4. The van der Waals surface area contributed by atoms with E-state index in [2.05, 4.69) is 0 Å². The van der Waals surface area contributed by atoms with Crippen LogP contribution in [-0.4, -0.2) is 47.0 Å². The Balaban J connectivity index is 2.24. The van der Waals surface area contributed by atoms with Crippen molar-refractivity contribution < 1.29 is 29.2 Å². The lowest BCUT2D eigenvalue weighted by Gasteiger charge is -2.38. The Hall–Kier alpha value is -2.46. The second kappa shape index (κ2) is 11.6. The number of benzene rings is 3. The smallest absolute Gasteiger partial charge is 0.195 e. The highest BCUT2D eigenvalue weighted by atomic mass is 127. The summed E-state index contributed by atoms with van der Waals surface area (Å²) >= 11 is 1.60. The van der Waals surface area contributed by atoms with E-state index in [9.17, 15) is 15.0 Å². The molecule has 0 saturated heterocycles. The van der Waals surface area contributed by atoms with Crippen LogP contribution in [0.25, 0.3) is 0 Å². The van der Waals surface area contributed by atoms with Crippen LogP contribution >= 0.6 is 22.6 Å². The van der Waals surface area contributed by atoms with E-state index < -0.39 is 17.8 Å². The van der Waals surface area contributed by atoms with E-state index in [1.807, 2.05) is 78.9 Å². The number of para-hydroxylation sites is 2. The number of hydrogen-bond donors (Lipinski definition) is 2. The zero-order valence-electron chi connectivity index (χ0n) is 18.5. The van der Waals surface area contributed by atoms with Crippen molar-refractivity contribution in [2.24, 2.45) is 0 Å². The Labute approximate surface area is 207 Å². The topological polar surface area (TPSA) is 85.2 Å². The van der Waals surface area contributed by atoms with E-state index in [1.54, 1.807) is 36.8 Å². The Morgan fingerprint density at radius 1 is 0.818 bits per heavy atom. The molecule has 174 valence electrons. The van der Waals surface area contributed by atoms with Gasteiger partial charge in [-0.1, -0.05) is 66.7 Å². The van der Waals surface area contributed by atoms with Crippen LogP contribution in [-0.2, 0) is 15.1 Å². The lowest BCUT2D eigenvalue weighted by Crippen LogP contribution is -2.39. The van der Waals surface area contributed by atoms with Crippen molar-refractivity contribution in [3.05, 3.63) is 95.6 Å². The predicted octanol–water partition coefficient (Wildman–Crippen LogP) is 4.09. The predicted molar refractivity (Wildman–Crippen MR) is 134 cm³/mol. The summed E-state index contributed by atoms with van der Waals surface area (Å²) in [6, 6.07) is 24.5. The molecular weight excluding hydrogens is 535 g/mol. The van der Waals surface area contributed by atoms with Crippen LogP contribution in [0.5, 0.6) is 11.5 Å². The average molecular weight is 562 g/mol. The van der Waals surface area contributed by atoms with Crippen molar-refractivity contribution in [2.75, 3.05) is 20.8 Å². The summed E-state index contributed by atoms with van der Waals surface area (Å²) in [5.41, 5.74) is 0.950. The molecule has 0 saturated carbocycles. The maximum Gasteiger partial charge on any atom is 0.195 e. The van der Waals surface area contributed by atoms with E-state index in [1.165, 1.54) is 0 Å². The van der Waals surface area contributed by atoms with Gasteiger partial charge in [-0.25, -0.2) is 0 Å². The molecule has 0 amide bonds. The zero-order chi connectivity index (χ0) is 23.8. The highest BCUT2D eigenvalue weighted by Gasteiger charge is 2.43. The van der Waals surface area contributed by atoms with Gasteiger partial charge in [0.15, 0.2) is 9.39 Å². The molecule has 0 bridgehead atoms. The molecule has 0 spiro atoms. The van der Waals surface area contributed by atoms with E-state index in [-0.39, 0.29) is 16.8 Å². The minimum absolute atomic E-state index is 0.174. The molecule has 0 aromatic heterocycles. The molecule has 2 N–H and O–H groups in total. The number of ether oxygens (including phenoxy) is 3. The molecule has 3 rings (SSSR count). The molecule has 3 aromatic carbocycles. The second-order valence-corrected chi connectivity index (χ2v) is 8.66. The Bertz CT molecular complexity index is 1010. The molecule has 33 heavy (non-hydrogen) atoms. The Morgan fingerprint density at radius 2 is 1.30 bits per heavy atom. The van der Waals surface area contributed by atoms with Crippen molar-refractivity contribution in [3.8, 4) is 11.5 Å². The Kier molecular flexibility index (Phi) is 8.85. The lowest BCUT2D eigenvalue weighted by atomic mass is 9.79. The minimum Gasteiger partial charge on any atom is -0.496 e. The van der Waals surface area contributed by atoms with Crippen LogP contribution in [0.4, 0.5) is 0 Å². The SMILES string of the molecule is COc1ccccc1C(OC[C@@H](O)[C@@H](O)CC(=O)I)(c1ccccc1)c1ccccc1OC. The van der Waals surface area contributed by atoms with Gasteiger partial charge in [-0.2, -0.15) is 0 Å². The molecule has 0 fully saturated rings. The van der Waals surface area contributed by atoms with Gasteiger partial charge in [0.25, 0.3) is 0 Å². The number of halogens is 1. The fraction of sp³-hybridized carbons (Fsp3) is 0.269. The molecule has 2 atom stereocenters. The van der Waals surface area contributed by atoms with Crippen LogP contribution in [0.3, 0.4) is 0 Å². The third-order valence-electron chi connectivity index (χ3n) is 5.44. The van der Waals surface area contributed by atoms with E-state index in [4.69, 9.17) is 14.2 Å². The number of hydrogen-bond acceptors (Lipinski definition) is 6. The summed E-state index contributed by atoms with van der Waals surface area (Å²) in [6.07, 6.45) is -2.71. The number of aliphatic hydroxyl groups is 2. The van der Waals surface area contributed by atoms with Crippen LogP contribution in [0.15, 0.2) is 78.9 Å². The molecule has 0 heterocycles. The third kappa shape index (κ3) is 5.55. The number of aliphatic hydroxyl groups excluding tert-OH is 2. The first kappa shape index (κ1) is 25.2. The van der Waals surface area contributed by atoms with Gasteiger partial charge < -0.3 is 24.4 Å². The highest BCUT2D eigenvalue weighted by molar-refractivity contribution is 14.1. The Morgan fingerprint density at radius 3 is 1.79 bits per heavy atom. The van der Waals surface area contributed by atoms with Crippen molar-refractivity contribution in [1.29, 1.82) is 0 Å². The average Bonchev–Trinajstić information content (AvgIpc) is 2.85. The molecule has 6 nitrogen and oxygen atoms in total. The highest BCUT2D eigenvalue weighted by Crippen LogP contribution is 2.47. The lowest BCUT2D eigenvalue weighted by molar-refractivity contribution is -0.116. The maximum absolute atomic E-state index is 11.4. The van der Waals surface area contributed by atoms with Gasteiger partial charge in [0.05, 0.1) is 26.9 Å². The second-order valence-electron chi connectivity index (χ2n) is 7.45. The van der Waals surface area contributed by atoms with Gasteiger partial charge in [-0.05, 0) is 40.3 Å². The van der Waals surface area contributed by atoms with Crippen molar-refractivity contribution in [1.82, 2.24) is 0 Å². The van der Waals surface area contributed by atoms with Crippen molar-refractivity contribution in [3.63, 3.8) is 0 Å². The van der Waals surface area contributed by atoms with Gasteiger partial charge in [-0.3, -0.25) is 4.79 Å². The molecule has 0 radical (unpaired) electrons. The van der Waals surface area contributed by atoms with E-state index in [0.29, 0.717) is 22.6 Å². The molecule has 0 aliphatic heterocycles. The number of carbonyl (C=O) groups excluding carboxylic acids is 1. The van der Waals surface area contributed by atoms with Crippen LogP contribution in [0.1, 0.15) is 23.1 Å². The van der Waals surface area contributed by atoms with Crippen LogP contribution < -0.4 is 9.47 Å². The number of carbonyl (C=O) groups is 1. The monoisotopic (exact) mass is 562 g/mol. The molecule has 0 aliphatic rings. The normalized spacial score (nSPS) is 13.2. The van der Waals surface area contributed by atoms with Crippen LogP contribution in [0, 0.1) is 0 Å². The largest absolute Gasteiger partial charge is 0.496 e. The fourth-order valence-corrected chi connectivity index (χ4v) is 4.31. The quantitative estimate of drug-likeness (QED) is 0.208. The van der Waals surface area contributed by atoms with Gasteiger partial charge in [0, 0.05) is 17.5 Å². The van der Waals surface area contributed by atoms with Gasteiger partial charge in [-0.15, -0.1) is 0 Å². The maximum atomic E-state index is 11.4. The van der Waals surface area contributed by atoms with E-state index in [0.717, 1.165) is 5.56 Å². The zero-order valence-corrected chi connectivity index (χ0v) is 20.6. The summed E-state index contributed by atoms with van der Waals surface area (Å²) in [5, 5.41) is 20.9. The first-order valence-corrected chi connectivity index (χ1v) is 11.5. The standard InChI is InChI=1S/C26H27IO6/c1-31-23-14-8-6-12-19(23)26(18-10-4-3-5-11-18,20-13-7-9-15-24(20)32-2)33-17-22(29)21(28)16-25(27)30/h3-15,21-22,28-29H,16-17H2,1-2H3/t21-,22+/m0/s1. The molecule has 7 heteroatoms. The number of methoxy groups -OCH3 is 2. The molecule has 0 unspecified atom stereocenters. The molecule has 0 aliphatic carbocycles. The van der Waals surface area contributed by atoms with E-state index >= 15 is 0 Å². The van der Waals surface area contributed by atoms with Crippen LogP contribution in [0.2, 0.25) is 0 Å².